The van der Waals surface area contributed by atoms with Gasteiger partial charge < -0.3 is 19.5 Å². The van der Waals surface area contributed by atoms with Crippen LogP contribution in [0.4, 0.5) is 5.69 Å². The summed E-state index contributed by atoms with van der Waals surface area (Å²) in [6, 6.07) is 9.87. The molecule has 2 aromatic carbocycles. The number of ether oxygens (including phenoxy) is 3. The Hall–Kier alpha value is -3.02. The summed E-state index contributed by atoms with van der Waals surface area (Å²) in [5.41, 5.74) is 2.10. The highest BCUT2D eigenvalue weighted by Gasteiger charge is 2.13. The summed E-state index contributed by atoms with van der Waals surface area (Å²) in [6.45, 7) is 1.84. The quantitative estimate of drug-likeness (QED) is 0.854. The molecule has 0 fully saturated rings. The molecule has 24 heavy (non-hydrogen) atoms. The zero-order chi connectivity index (χ0) is 17.7. The summed E-state index contributed by atoms with van der Waals surface area (Å²) in [6.07, 6.45) is 0. The van der Waals surface area contributed by atoms with Crippen LogP contribution in [0.5, 0.6) is 11.5 Å². The van der Waals surface area contributed by atoms with Crippen LogP contribution in [0.15, 0.2) is 36.4 Å². The van der Waals surface area contributed by atoms with E-state index in [0.29, 0.717) is 28.3 Å². The highest BCUT2D eigenvalue weighted by molar-refractivity contribution is 6.05. The van der Waals surface area contributed by atoms with Gasteiger partial charge in [-0.3, -0.25) is 4.79 Å². The number of aryl methyl sites for hydroxylation is 1. The van der Waals surface area contributed by atoms with Gasteiger partial charge in [0.15, 0.2) is 0 Å². The number of rotatable bonds is 5. The summed E-state index contributed by atoms with van der Waals surface area (Å²) in [7, 11) is 4.34. The van der Waals surface area contributed by atoms with E-state index >= 15 is 0 Å². The molecule has 0 radical (unpaired) electrons. The van der Waals surface area contributed by atoms with Crippen LogP contribution in [0.25, 0.3) is 0 Å². The molecule has 126 valence electrons. The molecule has 0 atom stereocenters. The molecule has 0 saturated carbocycles. The van der Waals surface area contributed by atoms with E-state index in [1.165, 1.54) is 21.3 Å². The van der Waals surface area contributed by atoms with Gasteiger partial charge in [0.05, 0.1) is 26.9 Å². The maximum atomic E-state index is 12.5. The van der Waals surface area contributed by atoms with E-state index in [9.17, 15) is 9.59 Å². The third kappa shape index (κ3) is 3.84. The normalized spacial score (nSPS) is 10.0. The zero-order valence-electron chi connectivity index (χ0n) is 14.0. The first-order valence-corrected chi connectivity index (χ1v) is 7.22. The molecule has 0 saturated heterocycles. The van der Waals surface area contributed by atoms with Gasteiger partial charge in [-0.1, -0.05) is 6.07 Å². The molecule has 1 amide bonds. The number of hydrogen-bond donors (Lipinski definition) is 1. The zero-order valence-corrected chi connectivity index (χ0v) is 14.0. The van der Waals surface area contributed by atoms with Crippen molar-refractivity contribution in [3.8, 4) is 11.5 Å². The van der Waals surface area contributed by atoms with Crippen molar-refractivity contribution in [2.45, 2.75) is 6.92 Å². The largest absolute Gasteiger partial charge is 0.497 e. The van der Waals surface area contributed by atoms with Crippen LogP contribution >= 0.6 is 0 Å². The molecular weight excluding hydrogens is 310 g/mol. The summed E-state index contributed by atoms with van der Waals surface area (Å²) in [5.74, 6) is 0.227. The SMILES string of the molecule is COC(=O)c1ccc(C)c(NC(=O)c2cc(OC)cc(OC)c2)c1. The van der Waals surface area contributed by atoms with Crippen LogP contribution < -0.4 is 14.8 Å². The first kappa shape index (κ1) is 17.3. The van der Waals surface area contributed by atoms with Gasteiger partial charge in [-0.15, -0.1) is 0 Å². The van der Waals surface area contributed by atoms with Crippen molar-refractivity contribution < 1.29 is 23.8 Å². The Morgan fingerprint density at radius 3 is 2.04 bits per heavy atom. The maximum absolute atomic E-state index is 12.5. The number of esters is 1. The second-order valence-corrected chi connectivity index (χ2v) is 5.08. The van der Waals surface area contributed by atoms with E-state index in [-0.39, 0.29) is 5.91 Å². The summed E-state index contributed by atoms with van der Waals surface area (Å²) >= 11 is 0. The van der Waals surface area contributed by atoms with Crippen molar-refractivity contribution in [2.75, 3.05) is 26.6 Å². The average molecular weight is 329 g/mol. The van der Waals surface area contributed by atoms with Crippen LogP contribution in [-0.2, 0) is 4.74 Å². The number of benzene rings is 2. The fourth-order valence-electron chi connectivity index (χ4n) is 2.13. The third-order valence-electron chi connectivity index (χ3n) is 3.52. The third-order valence-corrected chi connectivity index (χ3v) is 3.52. The number of hydrogen-bond acceptors (Lipinski definition) is 5. The Balaban J connectivity index is 2.31. The molecule has 1 N–H and O–H groups in total. The summed E-state index contributed by atoms with van der Waals surface area (Å²) in [5, 5.41) is 2.79. The van der Waals surface area contributed by atoms with E-state index in [1.807, 2.05) is 6.92 Å². The predicted molar refractivity (Wildman–Crippen MR) is 90.0 cm³/mol. The molecule has 0 aliphatic rings. The van der Waals surface area contributed by atoms with Gasteiger partial charge in [-0.05, 0) is 36.8 Å². The second-order valence-electron chi connectivity index (χ2n) is 5.08. The van der Waals surface area contributed by atoms with Crippen LogP contribution in [0.1, 0.15) is 26.3 Å². The molecule has 0 unspecified atom stereocenters. The van der Waals surface area contributed by atoms with E-state index in [0.717, 1.165) is 5.56 Å². The number of methoxy groups -OCH3 is 3. The molecule has 6 heteroatoms. The number of carbonyl (C=O) groups is 2. The Bertz CT molecular complexity index is 748. The van der Waals surface area contributed by atoms with Crippen molar-refractivity contribution in [1.82, 2.24) is 0 Å². The Kier molecular flexibility index (Phi) is 5.42. The predicted octanol–water partition coefficient (Wildman–Crippen LogP) is 3.05. The van der Waals surface area contributed by atoms with Gasteiger partial charge in [-0.25, -0.2) is 4.79 Å². The topological polar surface area (TPSA) is 73.9 Å². The molecular formula is C18H19NO5. The first-order chi connectivity index (χ1) is 11.5. The van der Waals surface area contributed by atoms with Crippen molar-refractivity contribution in [1.29, 1.82) is 0 Å². The van der Waals surface area contributed by atoms with Crippen LogP contribution in [-0.4, -0.2) is 33.2 Å². The molecule has 2 rings (SSSR count). The molecule has 2 aromatic rings. The lowest BCUT2D eigenvalue weighted by molar-refractivity contribution is 0.0600. The van der Waals surface area contributed by atoms with Gasteiger partial charge in [-0.2, -0.15) is 0 Å². The highest BCUT2D eigenvalue weighted by atomic mass is 16.5. The average Bonchev–Trinajstić information content (AvgIpc) is 2.62. The highest BCUT2D eigenvalue weighted by Crippen LogP contribution is 2.24. The molecule has 0 aliphatic carbocycles. The molecule has 0 spiro atoms. The van der Waals surface area contributed by atoms with Crippen LogP contribution in [0, 0.1) is 6.92 Å². The molecule has 0 bridgehead atoms. The Labute approximate surface area is 140 Å². The summed E-state index contributed by atoms with van der Waals surface area (Å²) in [4.78, 5) is 24.1. The first-order valence-electron chi connectivity index (χ1n) is 7.22. The number of carbonyl (C=O) groups excluding carboxylic acids is 2. The fraction of sp³-hybridized carbons (Fsp3) is 0.222. The van der Waals surface area contributed by atoms with E-state index < -0.39 is 5.97 Å². The van der Waals surface area contributed by atoms with E-state index in [4.69, 9.17) is 14.2 Å². The second kappa shape index (κ2) is 7.50. The lowest BCUT2D eigenvalue weighted by atomic mass is 10.1. The van der Waals surface area contributed by atoms with Gasteiger partial charge in [0.2, 0.25) is 0 Å². The number of amides is 1. The lowest BCUT2D eigenvalue weighted by Gasteiger charge is -2.12. The van der Waals surface area contributed by atoms with Crippen molar-refractivity contribution in [3.05, 3.63) is 53.1 Å². The van der Waals surface area contributed by atoms with E-state index in [1.54, 1.807) is 36.4 Å². The van der Waals surface area contributed by atoms with Crippen molar-refractivity contribution in [2.24, 2.45) is 0 Å². The monoisotopic (exact) mass is 329 g/mol. The van der Waals surface area contributed by atoms with E-state index in [2.05, 4.69) is 5.32 Å². The number of anilines is 1. The minimum absolute atomic E-state index is 0.336. The minimum Gasteiger partial charge on any atom is -0.497 e. The standard InChI is InChI=1S/C18H19NO5/c1-11-5-6-12(18(21)24-4)9-16(11)19-17(20)13-7-14(22-2)10-15(8-13)23-3/h5-10H,1-4H3,(H,19,20). The Morgan fingerprint density at radius 2 is 1.50 bits per heavy atom. The Morgan fingerprint density at radius 1 is 0.875 bits per heavy atom. The maximum Gasteiger partial charge on any atom is 0.337 e. The van der Waals surface area contributed by atoms with Gasteiger partial charge in [0, 0.05) is 17.3 Å². The molecule has 0 aromatic heterocycles. The lowest BCUT2D eigenvalue weighted by Crippen LogP contribution is -2.14. The van der Waals surface area contributed by atoms with Crippen LogP contribution in [0.3, 0.4) is 0 Å². The summed E-state index contributed by atoms with van der Waals surface area (Å²) < 4.78 is 15.0. The van der Waals surface area contributed by atoms with Crippen LogP contribution in [0.2, 0.25) is 0 Å². The van der Waals surface area contributed by atoms with Gasteiger partial charge in [0.25, 0.3) is 5.91 Å². The molecule has 6 nitrogen and oxygen atoms in total. The van der Waals surface area contributed by atoms with Gasteiger partial charge >= 0.3 is 5.97 Å². The number of nitrogens with one attached hydrogen (secondary N) is 1. The van der Waals surface area contributed by atoms with Crippen molar-refractivity contribution in [3.63, 3.8) is 0 Å². The smallest absolute Gasteiger partial charge is 0.337 e. The molecule has 0 heterocycles. The van der Waals surface area contributed by atoms with Crippen molar-refractivity contribution >= 4 is 17.6 Å². The fourth-order valence-corrected chi connectivity index (χ4v) is 2.13. The minimum atomic E-state index is -0.464. The van der Waals surface area contributed by atoms with Gasteiger partial charge in [0.1, 0.15) is 11.5 Å². The molecule has 0 aliphatic heterocycles.